The number of nitrogens with two attached hydrogens (primary N) is 2. The summed E-state index contributed by atoms with van der Waals surface area (Å²) < 4.78 is 156. The van der Waals surface area contributed by atoms with Gasteiger partial charge < -0.3 is 81.2 Å². The quantitative estimate of drug-likeness (QED) is 0.00606. The normalized spacial score (nSPS) is 10.9. The molecule has 0 saturated heterocycles. The Bertz CT molecular complexity index is 7660. The number of amides is 1. The van der Waals surface area contributed by atoms with E-state index in [2.05, 4.69) is 60.7 Å². The van der Waals surface area contributed by atoms with Crippen LogP contribution in [0, 0.1) is 36.2 Å². The number of esters is 9. The predicted octanol–water partition coefficient (Wildman–Crippen LogP) is 6.20. The van der Waals surface area contributed by atoms with Gasteiger partial charge in [0.05, 0.1) is 202 Å². The summed E-state index contributed by atoms with van der Waals surface area (Å²) in [6.07, 6.45) is 0. The van der Waals surface area contributed by atoms with Crippen molar-refractivity contribution >= 4 is 176 Å². The van der Waals surface area contributed by atoms with Gasteiger partial charge >= 0.3 is 209 Å². The van der Waals surface area contributed by atoms with Crippen LogP contribution in [0.4, 0.5) is 38.5 Å². The number of hydrogen-bond donors (Lipinski definition) is 6. The Morgan fingerprint density at radius 2 is 0.691 bits per heavy atom. The SMILES string of the molecule is COC(=O)c1ccc(F)c([N+](=O)[O-])c1.COC(=O)c1ccc(S(=O)(=O)c2ccccc2C(=O)OC)c(N)c1.COC(=O)c1ccc(S(=O)(=O)c2ccccc2C(=O)OC)c([N+](=O)[O-])c1.COC(=O)c1ccc(Sc2ccccc2C(=O)OC)c([N+](=O)[O-])c1.COC(=O)c1ccccc1S.COC(=O)c1ccccc1S(=O)(=O)c1ccc(C(=O)O)cc1N.O=C(O)c1ccc2c(c1)NC(=O)c1ccccc1S2(=O)=O.O=CO[O-].[Cs+].[Cs+].[H-]. The molecule has 770 valence electrons. The van der Waals surface area contributed by atoms with Gasteiger partial charge in [-0.1, -0.05) is 84.6 Å². The number of sulfone groups is 4. The molecule has 0 fully saturated rings. The maximum Gasteiger partial charge on any atom is 1.00 e. The maximum absolute atomic E-state index is 12.9. The fourth-order valence-corrected chi connectivity index (χ4v) is 19.7. The minimum Gasteiger partial charge on any atom is -1.00 e. The van der Waals surface area contributed by atoms with Crippen LogP contribution in [-0.4, -0.2) is 201 Å². The summed E-state index contributed by atoms with van der Waals surface area (Å²) in [5.74, 6) is -10.3. The van der Waals surface area contributed by atoms with Gasteiger partial charge in [-0.25, -0.2) is 86.4 Å². The molecule has 0 saturated carbocycles. The van der Waals surface area contributed by atoms with Gasteiger partial charge in [0.1, 0.15) is 4.90 Å². The average Bonchev–Trinajstić information content (AvgIpc) is 1.53. The molecule has 55 heteroatoms. The number of carboxylic acids is 2. The molecule has 12 aromatic rings. The number of fused-ring (bicyclic) bond motifs is 2. The fourth-order valence-electron chi connectivity index (χ4n) is 12.2. The molecule has 1 amide bonds. The van der Waals surface area contributed by atoms with E-state index in [0.717, 1.165) is 120 Å². The predicted molar refractivity (Wildman–Crippen MR) is 511 cm³/mol. The molecule has 1 heterocycles. The molecular weight excluding hydrogens is 2330 g/mol. The molecule has 0 radical (unpaired) electrons. The van der Waals surface area contributed by atoms with E-state index < -0.39 is 147 Å². The molecule has 1 aliphatic rings. The van der Waals surface area contributed by atoms with Crippen LogP contribution in [0.3, 0.4) is 0 Å². The van der Waals surface area contributed by atoms with Crippen LogP contribution < -0.4 is 160 Å². The molecule has 0 atom stereocenters. The average molecular weight is 2410 g/mol. The van der Waals surface area contributed by atoms with E-state index in [4.69, 9.17) is 36.5 Å². The first-order chi connectivity index (χ1) is 69.4. The minimum absolute atomic E-state index is 0. The number of halogens is 1. The van der Waals surface area contributed by atoms with Crippen LogP contribution in [0.2, 0.25) is 0 Å². The zero-order valence-electron chi connectivity index (χ0n) is 80.1. The molecule has 0 unspecified atom stereocenters. The van der Waals surface area contributed by atoms with Crippen molar-refractivity contribution in [2.24, 2.45) is 0 Å². The summed E-state index contributed by atoms with van der Waals surface area (Å²) in [6, 6.07) is 56.0. The fraction of sp³-hybridized carbons (Fsp3) is 0.0957. The molecule has 0 spiro atoms. The molecule has 0 aromatic heterocycles. The van der Waals surface area contributed by atoms with Gasteiger partial charge in [-0.05, 0) is 164 Å². The maximum atomic E-state index is 12.9. The third-order valence-electron chi connectivity index (χ3n) is 19.1. The van der Waals surface area contributed by atoms with Gasteiger partial charge in [-0.3, -0.25) is 39.9 Å². The zero-order valence-corrected chi connectivity index (χ0v) is 96.6. The number of nitrogens with zero attached hydrogens (tertiary/aromatic N) is 3. The standard InChI is InChI=1S/C16H13NO8S.C16H15NO6S.C16H13NO6S.C15H13NO6S.C14H9NO5S.C8H6FNO4.C8H8O2S.CH2O3.2Cs.H/c1-24-15(18)10-7-8-14(12(9-10)17(20)21)26(22,23)13-6-4-3-5-11(13)16(19)25-2;1-22-15(18)10-7-8-14(12(17)9-10)24(20,21)13-6-4-3-5-11(13)16(19)23-2;1-22-15(18)10-7-8-14(12(9-10)17(20)21)24-13-6-4-3-5-11(13)16(19)23-2;1-22-15(19)10-4-2-3-5-12(10)23(20,21)13-7-6-9(14(17)18)8-11(13)16;16-13-9-3-1-2-4-11(9)21(19,20)12-6-5-8(14(17)18)7-10(12)15-13;1-14-8(11)5-2-3-6(9)7(4-5)10(12)13;1-10-8(9)6-4-2-3-5-7(6)11;2-1-4-3;;;/h3-9H,1-2H3;3-9H,17H2,1-2H3;3-9H,1-2H3;2-8H,16H2,1H3,(H,17,18);1-7H,(H,15,16)(H,17,18);2-4H,1H3;2-5,11H,1H3;1,3H;;;/q;;;;;;;;2*+1;-1/p-1. The second kappa shape index (κ2) is 59.3. The van der Waals surface area contributed by atoms with Crippen LogP contribution in [0.25, 0.3) is 0 Å². The van der Waals surface area contributed by atoms with Crippen molar-refractivity contribution < 1.29 is 317 Å². The van der Waals surface area contributed by atoms with Gasteiger partial charge in [0.2, 0.25) is 45.2 Å². The summed E-state index contributed by atoms with van der Waals surface area (Å²) in [7, 11) is -5.91. The summed E-state index contributed by atoms with van der Waals surface area (Å²) in [5.41, 5.74) is 9.36. The number of hydrogen-bond acceptors (Lipinski definition) is 42. The number of nitrogen functional groups attached to an aromatic ring is 2. The molecule has 0 bridgehead atoms. The van der Waals surface area contributed by atoms with E-state index in [9.17, 15) is 126 Å². The number of nitro benzene ring substituents is 3. The first kappa shape index (κ1) is 127. The van der Waals surface area contributed by atoms with E-state index in [-0.39, 0.29) is 259 Å². The van der Waals surface area contributed by atoms with E-state index in [1.165, 1.54) is 156 Å². The number of carbonyl (C=O) groups is 13. The van der Waals surface area contributed by atoms with Gasteiger partial charge in [0, 0.05) is 28.0 Å². The smallest absolute Gasteiger partial charge is 1.00 e. The Morgan fingerprint density at radius 3 is 1.09 bits per heavy atom. The largest absolute Gasteiger partial charge is 1.00 e. The molecule has 12 aromatic carbocycles. The van der Waals surface area contributed by atoms with Crippen molar-refractivity contribution in [2.75, 3.05) is 80.8 Å². The monoisotopic (exact) mass is 2410 g/mol. The van der Waals surface area contributed by atoms with E-state index in [1.807, 2.05) is 6.07 Å². The third-order valence-corrected chi connectivity index (χ3v) is 28.1. The molecule has 149 heavy (non-hydrogen) atoms. The topological polar surface area (TPSA) is 708 Å². The molecular formula is C94H79Cs2FN6O40S6. The minimum atomic E-state index is -4.44. The van der Waals surface area contributed by atoms with Crippen molar-refractivity contribution in [1.29, 1.82) is 0 Å². The number of nitro groups is 3. The number of rotatable bonds is 23. The van der Waals surface area contributed by atoms with E-state index in [0.29, 0.717) is 25.8 Å². The van der Waals surface area contributed by atoms with Crippen molar-refractivity contribution in [3.05, 3.63) is 358 Å². The van der Waals surface area contributed by atoms with Crippen LogP contribution in [0.15, 0.2) is 309 Å². The number of aromatic carboxylic acids is 2. The third kappa shape index (κ3) is 33.3. The summed E-state index contributed by atoms with van der Waals surface area (Å²) in [4.78, 5) is 179. The van der Waals surface area contributed by atoms with Gasteiger partial charge in [-0.15, -0.1) is 12.6 Å². The van der Waals surface area contributed by atoms with Gasteiger partial charge in [0.15, 0.2) is 0 Å². The molecule has 1 aliphatic heterocycles. The van der Waals surface area contributed by atoms with Crippen molar-refractivity contribution in [1.82, 2.24) is 0 Å². The van der Waals surface area contributed by atoms with Crippen molar-refractivity contribution in [3.8, 4) is 0 Å². The Morgan fingerprint density at radius 1 is 0.383 bits per heavy atom. The molecule has 0 aliphatic carbocycles. The van der Waals surface area contributed by atoms with Gasteiger partial charge in [-0.2, -0.15) is 4.39 Å². The second-order valence-corrected chi connectivity index (χ2v) is 36.9. The first-order valence-electron chi connectivity index (χ1n) is 40.1. The van der Waals surface area contributed by atoms with Crippen LogP contribution in [0.5, 0.6) is 0 Å². The molecule has 46 nitrogen and oxygen atoms in total. The number of thiol groups is 1. The zero-order chi connectivity index (χ0) is 110. The number of anilines is 3. The van der Waals surface area contributed by atoms with Crippen molar-refractivity contribution in [2.45, 2.75) is 53.9 Å². The Kier molecular flexibility index (Phi) is 50.7. The number of benzene rings is 12. The van der Waals surface area contributed by atoms with Crippen LogP contribution in [-0.2, 0) is 91.7 Å². The van der Waals surface area contributed by atoms with Crippen LogP contribution >= 0.6 is 24.4 Å². The molecule has 13 rings (SSSR count). The summed E-state index contributed by atoms with van der Waals surface area (Å²) >= 11 is 5.14. The Labute approximate surface area is 973 Å². The van der Waals surface area contributed by atoms with Crippen molar-refractivity contribution in [3.63, 3.8) is 0 Å². The summed E-state index contributed by atoms with van der Waals surface area (Å²) in [6.45, 7) is -0.181. The Hall–Kier alpha value is -14.0. The second-order valence-electron chi connectivity index (χ2n) is 27.8. The first-order valence-corrected chi connectivity index (χ1v) is 47.3. The summed E-state index contributed by atoms with van der Waals surface area (Å²) in [5, 5.41) is 61.7. The number of methoxy groups -OCH3 is 9. The Balaban J connectivity index is 0.000000450. The van der Waals surface area contributed by atoms with E-state index >= 15 is 0 Å². The number of carboxylic acid groups (broad SMARTS) is 2. The van der Waals surface area contributed by atoms with Crippen LogP contribution in [0.1, 0.15) is 126 Å². The van der Waals surface area contributed by atoms with Gasteiger partial charge in [0.25, 0.3) is 23.8 Å². The van der Waals surface area contributed by atoms with E-state index in [1.54, 1.807) is 48.5 Å². The molecule has 7 N–H and O–H groups in total. The number of carbonyl (C=O) groups excluding carboxylic acids is 11. The number of ether oxygens (including phenoxy) is 9. The number of nitrogens with one attached hydrogen (secondary N) is 1.